The number of hydrogen-bond acceptors (Lipinski definition) is 2. The van der Waals surface area contributed by atoms with Crippen molar-refractivity contribution in [2.45, 2.75) is 32.1 Å². The summed E-state index contributed by atoms with van der Waals surface area (Å²) in [5, 5.41) is 0. The fraction of sp³-hybridized carbons (Fsp3) is 0.800. The molecule has 14 heavy (non-hydrogen) atoms. The van der Waals surface area contributed by atoms with Crippen molar-refractivity contribution in [2.24, 2.45) is 5.92 Å². The van der Waals surface area contributed by atoms with Crippen LogP contribution in [0.15, 0.2) is 0 Å². The predicted molar refractivity (Wildman–Crippen MR) is 57.2 cm³/mol. The highest BCUT2D eigenvalue weighted by Crippen LogP contribution is 2.29. The van der Waals surface area contributed by atoms with Crippen LogP contribution in [-0.2, 0) is 10.0 Å². The van der Waals surface area contributed by atoms with Crippen LogP contribution in [0.4, 0.5) is 0 Å². The van der Waals surface area contributed by atoms with E-state index in [-0.39, 0.29) is 0 Å². The van der Waals surface area contributed by atoms with E-state index in [1.807, 2.05) is 0 Å². The first kappa shape index (κ1) is 11.5. The molecule has 0 heterocycles. The maximum atomic E-state index is 11.4. The summed E-state index contributed by atoms with van der Waals surface area (Å²) in [4.78, 5) is 0. The Hall–Kier alpha value is -0.530. The largest absolute Gasteiger partial charge is 0.215 e. The number of terminal acetylenes is 1. The molecular formula is C10H17NO2S. The summed E-state index contributed by atoms with van der Waals surface area (Å²) in [7, 11) is -3.01. The van der Waals surface area contributed by atoms with E-state index < -0.39 is 10.0 Å². The zero-order valence-corrected chi connectivity index (χ0v) is 9.15. The van der Waals surface area contributed by atoms with Gasteiger partial charge in [0.1, 0.15) is 0 Å². The van der Waals surface area contributed by atoms with Gasteiger partial charge < -0.3 is 0 Å². The first-order valence-electron chi connectivity index (χ1n) is 5.05. The van der Waals surface area contributed by atoms with E-state index in [4.69, 9.17) is 6.42 Å². The van der Waals surface area contributed by atoms with Crippen LogP contribution in [0.1, 0.15) is 32.1 Å². The van der Waals surface area contributed by atoms with Crippen molar-refractivity contribution in [1.29, 1.82) is 0 Å². The molecule has 0 radical (unpaired) electrons. The molecule has 0 aromatic rings. The van der Waals surface area contributed by atoms with Crippen molar-refractivity contribution >= 4 is 10.0 Å². The number of rotatable bonds is 7. The molecule has 3 nitrogen and oxygen atoms in total. The molecule has 0 aromatic carbocycles. The second-order valence-electron chi connectivity index (χ2n) is 3.78. The molecular weight excluding hydrogens is 198 g/mol. The zero-order valence-electron chi connectivity index (χ0n) is 8.33. The maximum Gasteiger partial charge on any atom is 0.211 e. The van der Waals surface area contributed by atoms with E-state index >= 15 is 0 Å². The minimum Gasteiger partial charge on any atom is -0.215 e. The predicted octanol–water partition coefficient (Wildman–Crippen LogP) is 1.12. The number of sulfonamides is 1. The first-order chi connectivity index (χ1) is 6.64. The Morgan fingerprint density at radius 1 is 1.36 bits per heavy atom. The molecule has 0 aliphatic heterocycles. The van der Waals surface area contributed by atoms with Crippen molar-refractivity contribution < 1.29 is 8.42 Å². The lowest BCUT2D eigenvalue weighted by Gasteiger charge is -2.04. The summed E-state index contributed by atoms with van der Waals surface area (Å²) < 4.78 is 25.3. The van der Waals surface area contributed by atoms with Gasteiger partial charge in [0.2, 0.25) is 10.0 Å². The van der Waals surface area contributed by atoms with Crippen LogP contribution in [0.25, 0.3) is 0 Å². The molecule has 0 atom stereocenters. The van der Waals surface area contributed by atoms with Gasteiger partial charge >= 0.3 is 0 Å². The van der Waals surface area contributed by atoms with Crippen LogP contribution in [0.3, 0.4) is 0 Å². The Labute approximate surface area is 86.3 Å². The van der Waals surface area contributed by atoms with Gasteiger partial charge in [-0.05, 0) is 31.6 Å². The molecule has 0 saturated heterocycles. The third kappa shape index (κ3) is 5.25. The highest BCUT2D eigenvalue weighted by molar-refractivity contribution is 7.89. The van der Waals surface area contributed by atoms with Gasteiger partial charge in [0.15, 0.2) is 0 Å². The van der Waals surface area contributed by atoms with Gasteiger partial charge in [-0.1, -0.05) is 0 Å². The second-order valence-corrected chi connectivity index (χ2v) is 5.63. The van der Waals surface area contributed by atoms with Gasteiger partial charge in [0, 0.05) is 13.0 Å². The van der Waals surface area contributed by atoms with Crippen LogP contribution < -0.4 is 4.72 Å². The van der Waals surface area contributed by atoms with Gasteiger partial charge in [0.05, 0.1) is 5.75 Å². The fourth-order valence-corrected chi connectivity index (χ4v) is 2.76. The summed E-state index contributed by atoms with van der Waals surface area (Å²) in [6, 6.07) is 0. The molecule has 1 rings (SSSR count). The van der Waals surface area contributed by atoms with Crippen molar-refractivity contribution in [1.82, 2.24) is 4.72 Å². The summed E-state index contributed by atoms with van der Waals surface area (Å²) >= 11 is 0. The molecule has 1 aliphatic rings. The Bertz CT molecular complexity index is 299. The molecule has 1 N–H and O–H groups in total. The van der Waals surface area contributed by atoms with E-state index in [0.717, 1.165) is 32.1 Å². The third-order valence-electron chi connectivity index (χ3n) is 2.22. The van der Waals surface area contributed by atoms with Gasteiger partial charge in [-0.2, -0.15) is 0 Å². The molecule has 4 heteroatoms. The van der Waals surface area contributed by atoms with Gasteiger partial charge in [0.25, 0.3) is 0 Å². The maximum absolute atomic E-state index is 11.4. The average Bonchev–Trinajstić information content (AvgIpc) is 2.87. The fourth-order valence-electron chi connectivity index (χ4n) is 1.23. The van der Waals surface area contributed by atoms with Crippen LogP contribution in [0.2, 0.25) is 0 Å². The normalized spacial score (nSPS) is 16.5. The number of nitrogens with one attached hydrogen (secondary N) is 1. The minimum atomic E-state index is -3.01. The lowest BCUT2D eigenvalue weighted by molar-refractivity contribution is 0.573. The summed E-state index contributed by atoms with van der Waals surface area (Å²) in [6.45, 7) is 0.525. The molecule has 0 amide bonds. The molecule has 1 saturated carbocycles. The summed E-state index contributed by atoms with van der Waals surface area (Å²) in [5.41, 5.74) is 0. The molecule has 1 fully saturated rings. The molecule has 0 unspecified atom stereocenters. The van der Waals surface area contributed by atoms with Crippen LogP contribution in [0.5, 0.6) is 0 Å². The Balaban J connectivity index is 2.07. The number of hydrogen-bond donors (Lipinski definition) is 1. The Morgan fingerprint density at radius 2 is 2.07 bits per heavy atom. The minimum absolute atomic E-state index is 0.308. The molecule has 0 aromatic heterocycles. The van der Waals surface area contributed by atoms with Crippen molar-refractivity contribution in [2.75, 3.05) is 12.3 Å². The van der Waals surface area contributed by atoms with Crippen molar-refractivity contribution in [3.05, 3.63) is 0 Å². The quantitative estimate of drug-likeness (QED) is 0.511. The molecule has 1 aliphatic carbocycles. The molecule has 0 bridgehead atoms. The summed E-state index contributed by atoms with van der Waals surface area (Å²) in [5.74, 6) is 3.25. The second kappa shape index (κ2) is 5.38. The highest BCUT2D eigenvalue weighted by atomic mass is 32.2. The van der Waals surface area contributed by atoms with E-state index in [0.29, 0.717) is 18.2 Å². The molecule has 80 valence electrons. The van der Waals surface area contributed by atoms with Crippen molar-refractivity contribution in [3.63, 3.8) is 0 Å². The SMILES string of the molecule is C#CCCCCNS(=O)(=O)CC1CC1. The van der Waals surface area contributed by atoms with Gasteiger partial charge in [-0.3, -0.25) is 0 Å². The average molecular weight is 215 g/mol. The third-order valence-corrected chi connectivity index (χ3v) is 3.78. The van der Waals surface area contributed by atoms with Crippen LogP contribution in [-0.4, -0.2) is 20.7 Å². The van der Waals surface area contributed by atoms with Crippen LogP contribution in [0, 0.1) is 18.3 Å². The monoisotopic (exact) mass is 215 g/mol. The van der Waals surface area contributed by atoms with Gasteiger partial charge in [-0.25, -0.2) is 13.1 Å². The lowest BCUT2D eigenvalue weighted by Crippen LogP contribution is -2.28. The van der Waals surface area contributed by atoms with Crippen molar-refractivity contribution in [3.8, 4) is 12.3 Å². The lowest BCUT2D eigenvalue weighted by atomic mass is 10.2. The molecule has 0 spiro atoms. The van der Waals surface area contributed by atoms with E-state index in [2.05, 4.69) is 10.6 Å². The Kier molecular flexibility index (Phi) is 4.43. The van der Waals surface area contributed by atoms with E-state index in [1.165, 1.54) is 0 Å². The van der Waals surface area contributed by atoms with Crippen LogP contribution >= 0.6 is 0 Å². The Morgan fingerprint density at radius 3 is 2.64 bits per heavy atom. The smallest absolute Gasteiger partial charge is 0.211 e. The van der Waals surface area contributed by atoms with E-state index in [9.17, 15) is 8.42 Å². The number of unbranched alkanes of at least 4 members (excludes halogenated alkanes) is 2. The topological polar surface area (TPSA) is 46.2 Å². The first-order valence-corrected chi connectivity index (χ1v) is 6.70. The highest BCUT2D eigenvalue weighted by Gasteiger charge is 2.27. The zero-order chi connectivity index (χ0) is 10.4. The van der Waals surface area contributed by atoms with E-state index in [1.54, 1.807) is 0 Å². The van der Waals surface area contributed by atoms with Gasteiger partial charge in [-0.15, -0.1) is 12.3 Å². The summed E-state index contributed by atoms with van der Waals surface area (Å²) in [6.07, 6.45) is 9.66. The standard InChI is InChI=1S/C10H17NO2S/c1-2-3-4-5-8-11-14(12,13)9-10-6-7-10/h1,10-11H,3-9H2.